The molecule has 1 saturated carbocycles. The van der Waals surface area contributed by atoms with Gasteiger partial charge in [-0.15, -0.1) is 0 Å². The molecular formula is C20H23N3O3. The molecule has 0 spiro atoms. The number of amides is 4. The van der Waals surface area contributed by atoms with Gasteiger partial charge in [-0.1, -0.05) is 29.8 Å². The van der Waals surface area contributed by atoms with Gasteiger partial charge in [0.1, 0.15) is 6.17 Å². The van der Waals surface area contributed by atoms with E-state index in [0.29, 0.717) is 5.69 Å². The van der Waals surface area contributed by atoms with Crippen molar-refractivity contribution in [2.45, 2.75) is 32.9 Å². The van der Waals surface area contributed by atoms with Crippen molar-refractivity contribution in [1.29, 1.82) is 0 Å². The summed E-state index contributed by atoms with van der Waals surface area (Å²) in [5, 5.41) is 5.45. The van der Waals surface area contributed by atoms with Crippen LogP contribution in [0.3, 0.4) is 0 Å². The Hall–Kier alpha value is -2.63. The predicted molar refractivity (Wildman–Crippen MR) is 97.0 cm³/mol. The number of benzene rings is 1. The summed E-state index contributed by atoms with van der Waals surface area (Å²) >= 11 is 0. The van der Waals surface area contributed by atoms with Gasteiger partial charge in [-0.2, -0.15) is 0 Å². The molecule has 136 valence electrons. The number of imide groups is 1. The first-order valence-corrected chi connectivity index (χ1v) is 9.15. The lowest BCUT2D eigenvalue weighted by Crippen LogP contribution is -2.50. The second-order valence-corrected chi connectivity index (χ2v) is 7.53. The summed E-state index contributed by atoms with van der Waals surface area (Å²) in [5.41, 5.74) is 1.76. The molecule has 1 saturated heterocycles. The van der Waals surface area contributed by atoms with Gasteiger partial charge >= 0.3 is 6.03 Å². The number of fused-ring (bicyclic) bond motifs is 1. The highest BCUT2D eigenvalue weighted by Gasteiger charge is 2.57. The molecule has 1 heterocycles. The summed E-state index contributed by atoms with van der Waals surface area (Å²) in [4.78, 5) is 39.2. The second kappa shape index (κ2) is 6.27. The van der Waals surface area contributed by atoms with Crippen molar-refractivity contribution in [3.63, 3.8) is 0 Å². The van der Waals surface area contributed by atoms with E-state index in [1.54, 1.807) is 6.92 Å². The number of carbonyl (C=O) groups is 3. The van der Waals surface area contributed by atoms with Gasteiger partial charge in [-0.05, 0) is 50.7 Å². The van der Waals surface area contributed by atoms with Gasteiger partial charge in [0.15, 0.2) is 0 Å². The molecule has 4 aliphatic rings. The summed E-state index contributed by atoms with van der Waals surface area (Å²) in [5.74, 6) is -0.504. The number of anilines is 1. The van der Waals surface area contributed by atoms with Crippen LogP contribution in [0, 0.1) is 30.6 Å². The molecule has 26 heavy (non-hydrogen) atoms. The maximum absolute atomic E-state index is 12.9. The summed E-state index contributed by atoms with van der Waals surface area (Å²) in [6.07, 6.45) is 5.43. The number of urea groups is 1. The van der Waals surface area contributed by atoms with E-state index >= 15 is 0 Å². The Morgan fingerprint density at radius 1 is 1.04 bits per heavy atom. The number of rotatable bonds is 3. The molecule has 2 fully saturated rings. The topological polar surface area (TPSA) is 78.5 Å². The van der Waals surface area contributed by atoms with E-state index in [0.717, 1.165) is 18.4 Å². The number of nitrogens with zero attached hydrogens (tertiary/aromatic N) is 1. The van der Waals surface area contributed by atoms with Crippen LogP contribution >= 0.6 is 0 Å². The van der Waals surface area contributed by atoms with Crippen molar-refractivity contribution in [2.75, 3.05) is 5.32 Å². The van der Waals surface area contributed by atoms with E-state index in [4.69, 9.17) is 0 Å². The number of carbonyl (C=O) groups excluding carboxylic acids is 3. The molecule has 0 aromatic heterocycles. The summed E-state index contributed by atoms with van der Waals surface area (Å²) in [6, 6.07) is 6.99. The average Bonchev–Trinajstić information content (AvgIpc) is 2.91. The molecule has 0 radical (unpaired) electrons. The predicted octanol–water partition coefficient (Wildman–Crippen LogP) is 2.66. The molecule has 3 aliphatic carbocycles. The first kappa shape index (κ1) is 16.8. The first-order valence-electron chi connectivity index (χ1n) is 9.15. The van der Waals surface area contributed by atoms with Crippen LogP contribution in [0.5, 0.6) is 0 Å². The number of aryl methyl sites for hydroxylation is 1. The van der Waals surface area contributed by atoms with Gasteiger partial charge in [0.25, 0.3) is 0 Å². The molecule has 5 rings (SSSR count). The lowest BCUT2D eigenvalue weighted by Gasteiger charge is -2.38. The Labute approximate surface area is 152 Å². The van der Waals surface area contributed by atoms with Gasteiger partial charge in [-0.25, -0.2) is 4.79 Å². The molecule has 1 aliphatic heterocycles. The van der Waals surface area contributed by atoms with E-state index in [2.05, 4.69) is 22.8 Å². The average molecular weight is 353 g/mol. The zero-order chi connectivity index (χ0) is 18.4. The summed E-state index contributed by atoms with van der Waals surface area (Å²) < 4.78 is 0. The van der Waals surface area contributed by atoms with Crippen LogP contribution < -0.4 is 10.6 Å². The van der Waals surface area contributed by atoms with E-state index in [1.807, 2.05) is 31.2 Å². The first-order chi connectivity index (χ1) is 12.5. The van der Waals surface area contributed by atoms with Crippen molar-refractivity contribution in [3.05, 3.63) is 42.0 Å². The normalized spacial score (nSPS) is 30.3. The molecule has 1 aromatic carbocycles. The minimum atomic E-state index is -0.676. The molecule has 1 aromatic rings. The smallest absolute Gasteiger partial charge is 0.317 e. The van der Waals surface area contributed by atoms with Crippen LogP contribution in [-0.4, -0.2) is 28.9 Å². The Kier molecular flexibility index (Phi) is 4.05. The Morgan fingerprint density at radius 2 is 1.58 bits per heavy atom. The standard InChI is InChI=1S/C20H23N3O3/c1-11-3-9-15(10-4-11)22-20(26)21-12(2)23-18(24)16-13-5-6-14(8-7-13)17(16)19(23)25/h3-6,9-10,12-14,16-17H,7-8H2,1-2H3,(H2,21,22,26)/t12-,13-,14-,16-,17-/m0/s1. The number of hydrogen-bond donors (Lipinski definition) is 2. The number of hydrogen-bond acceptors (Lipinski definition) is 3. The quantitative estimate of drug-likeness (QED) is 0.648. The van der Waals surface area contributed by atoms with Crippen molar-refractivity contribution < 1.29 is 14.4 Å². The molecular weight excluding hydrogens is 330 g/mol. The van der Waals surface area contributed by atoms with Crippen LogP contribution in [-0.2, 0) is 9.59 Å². The van der Waals surface area contributed by atoms with E-state index in [-0.39, 0.29) is 35.5 Å². The summed E-state index contributed by atoms with van der Waals surface area (Å²) in [6.45, 7) is 3.65. The number of nitrogens with one attached hydrogen (secondary N) is 2. The van der Waals surface area contributed by atoms with E-state index in [1.165, 1.54) is 4.90 Å². The van der Waals surface area contributed by atoms with Crippen molar-refractivity contribution in [2.24, 2.45) is 23.7 Å². The fourth-order valence-electron chi connectivity index (χ4n) is 4.54. The van der Waals surface area contributed by atoms with Crippen LogP contribution in [0.4, 0.5) is 10.5 Å². The fraction of sp³-hybridized carbons (Fsp3) is 0.450. The molecule has 6 heteroatoms. The van der Waals surface area contributed by atoms with Crippen LogP contribution in [0.15, 0.2) is 36.4 Å². The zero-order valence-electron chi connectivity index (χ0n) is 14.9. The number of allylic oxidation sites excluding steroid dienone is 2. The van der Waals surface area contributed by atoms with Gasteiger partial charge in [0, 0.05) is 5.69 Å². The Morgan fingerprint density at radius 3 is 2.08 bits per heavy atom. The Balaban J connectivity index is 1.44. The highest BCUT2D eigenvalue weighted by atomic mass is 16.2. The monoisotopic (exact) mass is 353 g/mol. The van der Waals surface area contributed by atoms with Gasteiger partial charge in [0.05, 0.1) is 11.8 Å². The fourth-order valence-corrected chi connectivity index (χ4v) is 4.54. The van der Waals surface area contributed by atoms with E-state index < -0.39 is 12.2 Å². The van der Waals surface area contributed by atoms with Crippen molar-refractivity contribution in [1.82, 2.24) is 10.2 Å². The second-order valence-electron chi connectivity index (χ2n) is 7.53. The lowest BCUT2D eigenvalue weighted by molar-refractivity contribution is -0.142. The largest absolute Gasteiger partial charge is 0.320 e. The van der Waals surface area contributed by atoms with Crippen LogP contribution in [0.2, 0.25) is 0 Å². The summed E-state index contributed by atoms with van der Waals surface area (Å²) in [7, 11) is 0. The third-order valence-corrected chi connectivity index (χ3v) is 5.83. The Bertz CT molecular complexity index is 754. The zero-order valence-corrected chi connectivity index (χ0v) is 14.9. The third kappa shape index (κ3) is 2.69. The lowest BCUT2D eigenvalue weighted by atomic mass is 9.63. The van der Waals surface area contributed by atoms with Gasteiger partial charge < -0.3 is 10.6 Å². The maximum Gasteiger partial charge on any atom is 0.320 e. The third-order valence-electron chi connectivity index (χ3n) is 5.83. The van der Waals surface area contributed by atoms with Crippen molar-refractivity contribution in [3.8, 4) is 0 Å². The van der Waals surface area contributed by atoms with E-state index in [9.17, 15) is 14.4 Å². The van der Waals surface area contributed by atoms with Gasteiger partial charge in [-0.3, -0.25) is 14.5 Å². The van der Waals surface area contributed by atoms with Crippen LogP contribution in [0.1, 0.15) is 25.3 Å². The minimum Gasteiger partial charge on any atom is -0.317 e. The maximum atomic E-state index is 12.9. The molecule has 0 unspecified atom stereocenters. The minimum absolute atomic E-state index is 0.151. The molecule has 2 bridgehead atoms. The highest BCUT2D eigenvalue weighted by molar-refractivity contribution is 6.06. The van der Waals surface area contributed by atoms with Gasteiger partial charge in [0.2, 0.25) is 11.8 Å². The number of likely N-dealkylation sites (tertiary alicyclic amines) is 1. The molecule has 6 nitrogen and oxygen atoms in total. The SMILES string of the molecule is Cc1ccc(NC(=O)N[C@H](C)N2C(=O)[C@@H]3[C@@H](C2=O)[C@H]2C=C[C@H]3CC2)cc1. The highest BCUT2D eigenvalue weighted by Crippen LogP contribution is 2.49. The molecule has 5 atom stereocenters. The van der Waals surface area contributed by atoms with Crippen LogP contribution in [0.25, 0.3) is 0 Å². The molecule has 2 N–H and O–H groups in total. The van der Waals surface area contributed by atoms with Crippen molar-refractivity contribution >= 4 is 23.5 Å². The molecule has 4 amide bonds.